The SMILES string of the molecule is COc1ccccc1N1C[C@@]23C=C[C@@H](O2)[C@H](C(=O)[O-])[C@H]3C1=O. The number of hydrogen-bond donors (Lipinski definition) is 0. The van der Waals surface area contributed by atoms with Gasteiger partial charge < -0.3 is 24.3 Å². The van der Waals surface area contributed by atoms with Crippen LogP contribution in [-0.2, 0) is 14.3 Å². The summed E-state index contributed by atoms with van der Waals surface area (Å²) in [7, 11) is 1.53. The maximum Gasteiger partial charge on any atom is 0.234 e. The predicted molar refractivity (Wildman–Crippen MR) is 74.1 cm³/mol. The van der Waals surface area contributed by atoms with Crippen LogP contribution in [0, 0.1) is 11.8 Å². The molecule has 22 heavy (non-hydrogen) atoms. The highest BCUT2D eigenvalue weighted by Gasteiger charge is 2.65. The topological polar surface area (TPSA) is 78.9 Å². The van der Waals surface area contributed by atoms with Crippen LogP contribution in [0.25, 0.3) is 0 Å². The summed E-state index contributed by atoms with van der Waals surface area (Å²) in [6.45, 7) is 0.285. The van der Waals surface area contributed by atoms with E-state index >= 15 is 0 Å². The number of fused-ring (bicyclic) bond motifs is 1. The number of amides is 1. The lowest BCUT2D eigenvalue weighted by atomic mass is 9.77. The van der Waals surface area contributed by atoms with Crippen molar-refractivity contribution < 1.29 is 24.2 Å². The Morgan fingerprint density at radius 1 is 1.45 bits per heavy atom. The number of ether oxygens (including phenoxy) is 2. The van der Waals surface area contributed by atoms with Crippen LogP contribution in [0.5, 0.6) is 5.75 Å². The van der Waals surface area contributed by atoms with Crippen LogP contribution in [0.3, 0.4) is 0 Å². The Morgan fingerprint density at radius 3 is 2.95 bits per heavy atom. The molecule has 3 heterocycles. The molecule has 0 radical (unpaired) electrons. The fourth-order valence-electron chi connectivity index (χ4n) is 3.82. The molecule has 114 valence electrons. The maximum atomic E-state index is 12.8. The molecule has 1 spiro atoms. The average molecular weight is 300 g/mol. The molecule has 2 bridgehead atoms. The molecule has 4 rings (SSSR count). The molecule has 1 amide bonds. The van der Waals surface area contributed by atoms with E-state index in [0.29, 0.717) is 11.4 Å². The molecule has 0 saturated carbocycles. The third-order valence-electron chi connectivity index (χ3n) is 4.75. The van der Waals surface area contributed by atoms with Gasteiger partial charge >= 0.3 is 0 Å². The van der Waals surface area contributed by atoms with Crippen LogP contribution in [0.4, 0.5) is 5.69 Å². The second kappa shape index (κ2) is 4.33. The van der Waals surface area contributed by atoms with Crippen molar-refractivity contribution in [1.82, 2.24) is 0 Å². The minimum Gasteiger partial charge on any atom is -0.550 e. The number of carbonyl (C=O) groups is 2. The van der Waals surface area contributed by atoms with E-state index in [1.807, 2.05) is 12.1 Å². The minimum absolute atomic E-state index is 0.259. The summed E-state index contributed by atoms with van der Waals surface area (Å²) in [5.41, 5.74) is -0.246. The smallest absolute Gasteiger partial charge is 0.234 e. The minimum atomic E-state index is -1.24. The Balaban J connectivity index is 1.77. The molecule has 3 aliphatic heterocycles. The number of anilines is 1. The van der Waals surface area contributed by atoms with Gasteiger partial charge in [-0.05, 0) is 12.1 Å². The van der Waals surface area contributed by atoms with E-state index in [4.69, 9.17) is 9.47 Å². The zero-order chi connectivity index (χ0) is 15.5. The summed E-state index contributed by atoms with van der Waals surface area (Å²) < 4.78 is 11.1. The summed E-state index contributed by atoms with van der Waals surface area (Å²) >= 11 is 0. The molecule has 3 aliphatic rings. The van der Waals surface area contributed by atoms with E-state index in [1.54, 1.807) is 29.2 Å². The fourth-order valence-corrected chi connectivity index (χ4v) is 3.82. The van der Waals surface area contributed by atoms with Crippen molar-refractivity contribution in [1.29, 1.82) is 0 Å². The second-order valence-electron chi connectivity index (χ2n) is 5.82. The molecule has 4 atom stereocenters. The molecule has 0 aromatic heterocycles. The highest BCUT2D eigenvalue weighted by molar-refractivity contribution is 6.03. The Hall–Kier alpha value is -2.34. The average Bonchev–Trinajstić information content (AvgIpc) is 3.15. The number of aliphatic carboxylic acids is 1. The monoisotopic (exact) mass is 300 g/mol. The maximum absolute atomic E-state index is 12.8. The van der Waals surface area contributed by atoms with Crippen molar-refractivity contribution >= 4 is 17.6 Å². The van der Waals surface area contributed by atoms with E-state index in [9.17, 15) is 14.7 Å². The lowest BCUT2D eigenvalue weighted by Gasteiger charge is -2.24. The predicted octanol–water partition coefficient (Wildman–Crippen LogP) is -0.269. The quantitative estimate of drug-likeness (QED) is 0.718. The number of carboxylic acids is 1. The highest BCUT2D eigenvalue weighted by Crippen LogP contribution is 2.53. The Morgan fingerprint density at radius 2 is 2.23 bits per heavy atom. The van der Waals surface area contributed by atoms with E-state index < -0.39 is 29.5 Å². The first-order valence-electron chi connectivity index (χ1n) is 7.10. The van der Waals surface area contributed by atoms with Gasteiger partial charge in [0.15, 0.2) is 0 Å². The van der Waals surface area contributed by atoms with Gasteiger partial charge in [0.05, 0.1) is 31.4 Å². The molecule has 1 aromatic carbocycles. The summed E-state index contributed by atoms with van der Waals surface area (Å²) in [6.07, 6.45) is 2.96. The van der Waals surface area contributed by atoms with Gasteiger partial charge in [-0.3, -0.25) is 4.79 Å². The lowest BCUT2D eigenvalue weighted by Crippen LogP contribution is -2.45. The Bertz CT molecular complexity index is 700. The number of carboxylic acid groups (broad SMARTS) is 1. The zero-order valence-corrected chi connectivity index (χ0v) is 11.9. The van der Waals surface area contributed by atoms with Gasteiger partial charge in [0, 0.05) is 11.9 Å². The van der Waals surface area contributed by atoms with Gasteiger partial charge in [0.2, 0.25) is 5.91 Å². The van der Waals surface area contributed by atoms with Crippen LogP contribution in [0.15, 0.2) is 36.4 Å². The molecular weight excluding hydrogens is 286 g/mol. The molecular formula is C16H14NO5-. The van der Waals surface area contributed by atoms with Crippen molar-refractivity contribution in [2.75, 3.05) is 18.6 Å². The van der Waals surface area contributed by atoms with Crippen molar-refractivity contribution in [3.05, 3.63) is 36.4 Å². The number of nitrogens with zero attached hydrogens (tertiary/aromatic N) is 1. The van der Waals surface area contributed by atoms with Crippen molar-refractivity contribution in [3.63, 3.8) is 0 Å². The Kier molecular flexibility index (Phi) is 2.62. The zero-order valence-electron chi connectivity index (χ0n) is 11.9. The van der Waals surface area contributed by atoms with E-state index in [2.05, 4.69) is 0 Å². The highest BCUT2D eigenvalue weighted by atomic mass is 16.5. The van der Waals surface area contributed by atoms with Crippen molar-refractivity contribution in [2.24, 2.45) is 11.8 Å². The summed E-state index contributed by atoms with van der Waals surface area (Å²) in [6, 6.07) is 7.16. The largest absolute Gasteiger partial charge is 0.550 e. The molecule has 6 nitrogen and oxygen atoms in total. The summed E-state index contributed by atoms with van der Waals surface area (Å²) in [5, 5.41) is 11.4. The van der Waals surface area contributed by atoms with Gasteiger partial charge in [-0.2, -0.15) is 0 Å². The molecule has 0 N–H and O–H groups in total. The fraction of sp³-hybridized carbons (Fsp3) is 0.375. The number of hydrogen-bond acceptors (Lipinski definition) is 5. The molecule has 0 unspecified atom stereocenters. The van der Waals surface area contributed by atoms with Gasteiger partial charge in [-0.15, -0.1) is 0 Å². The molecule has 1 aromatic rings. The normalized spacial score (nSPS) is 35.0. The number of methoxy groups -OCH3 is 1. The van der Waals surface area contributed by atoms with Gasteiger partial charge in [-0.25, -0.2) is 0 Å². The van der Waals surface area contributed by atoms with E-state index in [-0.39, 0.29) is 12.5 Å². The van der Waals surface area contributed by atoms with E-state index in [1.165, 1.54) is 7.11 Å². The van der Waals surface area contributed by atoms with Crippen LogP contribution in [0.2, 0.25) is 0 Å². The Labute approximate surface area is 126 Å². The summed E-state index contributed by atoms with van der Waals surface area (Å²) in [5.74, 6) is -2.60. The molecule has 2 saturated heterocycles. The second-order valence-corrected chi connectivity index (χ2v) is 5.82. The molecule has 6 heteroatoms. The number of rotatable bonds is 3. The summed E-state index contributed by atoms with van der Waals surface area (Å²) in [4.78, 5) is 25.8. The van der Waals surface area contributed by atoms with Crippen LogP contribution in [-0.4, -0.2) is 37.2 Å². The van der Waals surface area contributed by atoms with Crippen molar-refractivity contribution in [3.8, 4) is 5.75 Å². The molecule has 0 aliphatic carbocycles. The van der Waals surface area contributed by atoms with Crippen LogP contribution in [0.1, 0.15) is 0 Å². The molecule has 2 fully saturated rings. The third kappa shape index (κ3) is 1.53. The van der Waals surface area contributed by atoms with Gasteiger partial charge in [0.1, 0.15) is 11.4 Å². The van der Waals surface area contributed by atoms with E-state index in [0.717, 1.165) is 0 Å². The van der Waals surface area contributed by atoms with Crippen LogP contribution < -0.4 is 14.7 Å². The number of para-hydroxylation sites is 2. The first kappa shape index (κ1) is 13.3. The number of carbonyl (C=O) groups excluding carboxylic acids is 2. The third-order valence-corrected chi connectivity index (χ3v) is 4.75. The van der Waals surface area contributed by atoms with Gasteiger partial charge in [-0.1, -0.05) is 24.3 Å². The first-order chi connectivity index (χ1) is 10.6. The standard InChI is InChI=1S/C16H15NO5/c1-21-10-5-3-2-4-9(10)17-8-16-7-6-11(22-16)12(15(19)20)13(16)14(17)18/h2-7,11-13H,8H2,1H3,(H,19,20)/p-1/t11-,12+,13+,16-/m1/s1. The van der Waals surface area contributed by atoms with Crippen LogP contribution >= 0.6 is 0 Å². The lowest BCUT2D eigenvalue weighted by molar-refractivity contribution is -0.313. The first-order valence-corrected chi connectivity index (χ1v) is 7.10. The number of benzene rings is 1. The van der Waals surface area contributed by atoms with Gasteiger partial charge in [0.25, 0.3) is 0 Å². The van der Waals surface area contributed by atoms with Crippen molar-refractivity contribution in [2.45, 2.75) is 11.7 Å².